The van der Waals surface area contributed by atoms with E-state index in [1.165, 1.54) is 0 Å². The smallest absolute Gasteiger partial charge is 0.236 e. The van der Waals surface area contributed by atoms with Crippen LogP contribution in [0.25, 0.3) is 0 Å². The zero-order valence-corrected chi connectivity index (χ0v) is 9.34. The van der Waals surface area contributed by atoms with E-state index in [0.29, 0.717) is 6.04 Å². The number of likely N-dealkylation sites (tertiary alicyclic amines) is 1. The Kier molecular flexibility index (Phi) is 4.35. The van der Waals surface area contributed by atoms with Crippen LogP contribution < -0.4 is 10.6 Å². The van der Waals surface area contributed by atoms with Crippen molar-refractivity contribution >= 4 is 5.91 Å². The molecule has 14 heavy (non-hydrogen) atoms. The highest BCUT2D eigenvalue weighted by Gasteiger charge is 2.20. The lowest BCUT2D eigenvalue weighted by Gasteiger charge is -2.31. The van der Waals surface area contributed by atoms with Gasteiger partial charge in [0.1, 0.15) is 0 Å². The molecule has 0 aromatic carbocycles. The lowest BCUT2D eigenvalue weighted by molar-refractivity contribution is -0.122. The van der Waals surface area contributed by atoms with Crippen LogP contribution in [0.1, 0.15) is 19.8 Å². The third kappa shape index (κ3) is 3.27. The summed E-state index contributed by atoms with van der Waals surface area (Å²) in [4.78, 5) is 13.6. The van der Waals surface area contributed by atoms with Gasteiger partial charge in [0.25, 0.3) is 0 Å². The number of nitrogens with one attached hydrogen (secondary N) is 2. The average molecular weight is 199 g/mol. The molecule has 0 saturated carbocycles. The molecule has 1 rings (SSSR count). The third-order valence-electron chi connectivity index (χ3n) is 2.84. The van der Waals surface area contributed by atoms with Gasteiger partial charge in [0.15, 0.2) is 0 Å². The molecule has 0 bridgehead atoms. The van der Waals surface area contributed by atoms with E-state index in [4.69, 9.17) is 0 Å². The van der Waals surface area contributed by atoms with Gasteiger partial charge in [-0.25, -0.2) is 0 Å². The van der Waals surface area contributed by atoms with Gasteiger partial charge in [-0.05, 0) is 39.9 Å². The van der Waals surface area contributed by atoms with E-state index in [1.54, 1.807) is 7.05 Å². The molecule has 1 fully saturated rings. The predicted octanol–water partition coefficient (Wildman–Crippen LogP) is -0.195. The van der Waals surface area contributed by atoms with Gasteiger partial charge in [0.05, 0.1) is 6.04 Å². The van der Waals surface area contributed by atoms with Crippen molar-refractivity contribution in [1.82, 2.24) is 15.5 Å². The van der Waals surface area contributed by atoms with Crippen LogP contribution in [0.15, 0.2) is 0 Å². The molecule has 0 aromatic rings. The van der Waals surface area contributed by atoms with Gasteiger partial charge in [0, 0.05) is 13.1 Å². The molecular weight excluding hydrogens is 178 g/mol. The van der Waals surface area contributed by atoms with Gasteiger partial charge in [-0.2, -0.15) is 0 Å². The molecule has 1 saturated heterocycles. The minimum atomic E-state index is -0.0755. The summed E-state index contributed by atoms with van der Waals surface area (Å²) in [5, 5.41) is 6.00. The van der Waals surface area contributed by atoms with Gasteiger partial charge < -0.3 is 15.5 Å². The van der Waals surface area contributed by atoms with Crippen LogP contribution >= 0.6 is 0 Å². The van der Waals surface area contributed by atoms with Crippen LogP contribution in [0.4, 0.5) is 0 Å². The number of rotatable bonds is 3. The molecule has 0 aliphatic carbocycles. The first-order valence-electron chi connectivity index (χ1n) is 5.29. The van der Waals surface area contributed by atoms with Gasteiger partial charge in [-0.1, -0.05) is 0 Å². The molecule has 2 N–H and O–H groups in total. The molecule has 0 unspecified atom stereocenters. The first-order chi connectivity index (χ1) is 6.63. The SMILES string of the molecule is CNC(=O)[C@H](C)NC1CCN(C)CC1. The molecule has 1 atom stereocenters. The van der Waals surface area contributed by atoms with Crippen molar-refractivity contribution in [1.29, 1.82) is 0 Å². The van der Waals surface area contributed by atoms with Crippen molar-refractivity contribution in [3.05, 3.63) is 0 Å². The van der Waals surface area contributed by atoms with Crippen LogP contribution in [0, 0.1) is 0 Å². The maximum Gasteiger partial charge on any atom is 0.236 e. The minimum Gasteiger partial charge on any atom is -0.358 e. The Bertz CT molecular complexity index is 188. The molecule has 82 valence electrons. The first kappa shape index (κ1) is 11.5. The Morgan fingerprint density at radius 1 is 1.43 bits per heavy atom. The van der Waals surface area contributed by atoms with Gasteiger partial charge in [0.2, 0.25) is 5.91 Å². The highest BCUT2D eigenvalue weighted by Crippen LogP contribution is 2.08. The Hall–Kier alpha value is -0.610. The lowest BCUT2D eigenvalue weighted by atomic mass is 10.0. The van der Waals surface area contributed by atoms with E-state index in [-0.39, 0.29) is 11.9 Å². The molecule has 1 heterocycles. The van der Waals surface area contributed by atoms with Crippen LogP contribution in [-0.4, -0.2) is 50.1 Å². The van der Waals surface area contributed by atoms with Crippen molar-refractivity contribution < 1.29 is 4.79 Å². The number of hydrogen-bond donors (Lipinski definition) is 2. The molecule has 4 nitrogen and oxygen atoms in total. The Morgan fingerprint density at radius 2 is 2.00 bits per heavy atom. The predicted molar refractivity (Wildman–Crippen MR) is 57.2 cm³/mol. The molecule has 0 aromatic heterocycles. The largest absolute Gasteiger partial charge is 0.358 e. The monoisotopic (exact) mass is 199 g/mol. The number of nitrogens with zero attached hydrogens (tertiary/aromatic N) is 1. The molecule has 1 amide bonds. The van der Waals surface area contributed by atoms with Crippen LogP contribution in [0.3, 0.4) is 0 Å². The number of amides is 1. The zero-order valence-electron chi connectivity index (χ0n) is 9.34. The summed E-state index contributed by atoms with van der Waals surface area (Å²) in [6.07, 6.45) is 2.27. The second kappa shape index (κ2) is 5.32. The van der Waals surface area contributed by atoms with Crippen molar-refractivity contribution in [2.24, 2.45) is 0 Å². The number of piperidine rings is 1. The van der Waals surface area contributed by atoms with E-state index in [2.05, 4.69) is 22.6 Å². The Balaban J connectivity index is 2.27. The minimum absolute atomic E-state index is 0.0731. The number of carbonyl (C=O) groups excluding carboxylic acids is 1. The fourth-order valence-corrected chi connectivity index (χ4v) is 1.82. The van der Waals surface area contributed by atoms with Crippen molar-refractivity contribution in [3.63, 3.8) is 0 Å². The summed E-state index contributed by atoms with van der Waals surface area (Å²) in [7, 11) is 3.81. The maximum atomic E-state index is 11.3. The molecule has 1 aliphatic heterocycles. The van der Waals surface area contributed by atoms with Crippen molar-refractivity contribution in [2.45, 2.75) is 31.8 Å². The molecular formula is C10H21N3O. The van der Waals surface area contributed by atoms with Crippen LogP contribution in [-0.2, 0) is 4.79 Å². The van der Waals surface area contributed by atoms with Gasteiger partial charge in [-0.15, -0.1) is 0 Å². The highest BCUT2D eigenvalue weighted by molar-refractivity contribution is 5.80. The number of likely N-dealkylation sites (N-methyl/N-ethyl adjacent to an activating group) is 1. The Labute approximate surface area is 86.0 Å². The van der Waals surface area contributed by atoms with E-state index >= 15 is 0 Å². The first-order valence-corrected chi connectivity index (χ1v) is 5.29. The van der Waals surface area contributed by atoms with E-state index in [1.807, 2.05) is 6.92 Å². The summed E-state index contributed by atoms with van der Waals surface area (Å²) in [6.45, 7) is 4.16. The van der Waals surface area contributed by atoms with E-state index in [0.717, 1.165) is 25.9 Å². The summed E-state index contributed by atoms with van der Waals surface area (Å²) < 4.78 is 0. The quantitative estimate of drug-likeness (QED) is 0.662. The highest BCUT2D eigenvalue weighted by atomic mass is 16.2. The van der Waals surface area contributed by atoms with Crippen molar-refractivity contribution in [3.8, 4) is 0 Å². The molecule has 1 aliphatic rings. The lowest BCUT2D eigenvalue weighted by Crippen LogP contribution is -2.49. The summed E-state index contributed by atoms with van der Waals surface area (Å²) >= 11 is 0. The van der Waals surface area contributed by atoms with E-state index < -0.39 is 0 Å². The number of hydrogen-bond acceptors (Lipinski definition) is 3. The van der Waals surface area contributed by atoms with Gasteiger partial charge >= 0.3 is 0 Å². The van der Waals surface area contributed by atoms with Crippen molar-refractivity contribution in [2.75, 3.05) is 27.2 Å². The second-order valence-electron chi connectivity index (χ2n) is 4.08. The maximum absolute atomic E-state index is 11.3. The fourth-order valence-electron chi connectivity index (χ4n) is 1.82. The van der Waals surface area contributed by atoms with Gasteiger partial charge in [-0.3, -0.25) is 4.79 Å². The summed E-state index contributed by atoms with van der Waals surface area (Å²) in [5.41, 5.74) is 0. The topological polar surface area (TPSA) is 44.4 Å². The van der Waals surface area contributed by atoms with Crippen LogP contribution in [0.2, 0.25) is 0 Å². The molecule has 4 heteroatoms. The zero-order chi connectivity index (χ0) is 10.6. The summed E-state index contributed by atoms with van der Waals surface area (Å²) in [6, 6.07) is 0.423. The van der Waals surface area contributed by atoms with E-state index in [9.17, 15) is 4.79 Å². The normalized spacial score (nSPS) is 21.9. The Morgan fingerprint density at radius 3 is 2.50 bits per heavy atom. The standard InChI is InChI=1S/C10H21N3O/c1-8(10(14)11-2)12-9-4-6-13(3)7-5-9/h8-9,12H,4-7H2,1-3H3,(H,11,14)/t8-/m0/s1. The number of carbonyl (C=O) groups is 1. The third-order valence-corrected chi connectivity index (χ3v) is 2.84. The molecule has 0 radical (unpaired) electrons. The second-order valence-corrected chi connectivity index (χ2v) is 4.08. The average Bonchev–Trinajstić information content (AvgIpc) is 2.20. The molecule has 0 spiro atoms. The fraction of sp³-hybridized carbons (Fsp3) is 0.900. The van der Waals surface area contributed by atoms with Crippen LogP contribution in [0.5, 0.6) is 0 Å². The summed E-state index contributed by atoms with van der Waals surface area (Å²) in [5.74, 6) is 0.0731.